The zero-order valence-electron chi connectivity index (χ0n) is 12.2. The molecule has 1 heterocycles. The van der Waals surface area contributed by atoms with Crippen molar-refractivity contribution in [3.8, 4) is 0 Å². The zero-order valence-corrected chi connectivity index (χ0v) is 13.0. The molecule has 1 aliphatic heterocycles. The first-order chi connectivity index (χ1) is 8.95. The van der Waals surface area contributed by atoms with Crippen molar-refractivity contribution in [2.75, 3.05) is 39.9 Å². The van der Waals surface area contributed by atoms with Crippen LogP contribution < -0.4 is 10.0 Å². The van der Waals surface area contributed by atoms with Crippen LogP contribution in [0.15, 0.2) is 0 Å². The van der Waals surface area contributed by atoms with Gasteiger partial charge in [0.25, 0.3) is 10.2 Å². The summed E-state index contributed by atoms with van der Waals surface area (Å²) in [6.45, 7) is 7.16. The minimum Gasteiger partial charge on any atom is -0.383 e. The third-order valence-corrected chi connectivity index (χ3v) is 4.93. The van der Waals surface area contributed by atoms with E-state index >= 15 is 0 Å². The summed E-state index contributed by atoms with van der Waals surface area (Å²) in [6.07, 6.45) is 1.84. The Balaban J connectivity index is 2.32. The topological polar surface area (TPSA) is 70.7 Å². The average molecular weight is 293 g/mol. The van der Waals surface area contributed by atoms with Crippen LogP contribution in [0.3, 0.4) is 0 Å². The predicted molar refractivity (Wildman–Crippen MR) is 76.2 cm³/mol. The Morgan fingerprint density at radius 2 is 1.95 bits per heavy atom. The standard InChI is InChI=1S/C12H27N3O3S/c1-11(2)13-10-12-4-7-15(8-5-12)19(16,17)14-6-9-18-3/h11-14H,4-10H2,1-3H3. The van der Waals surface area contributed by atoms with E-state index in [4.69, 9.17) is 4.74 Å². The maximum atomic E-state index is 12.0. The lowest BCUT2D eigenvalue weighted by atomic mass is 9.98. The molecule has 0 aromatic carbocycles. The second-order valence-corrected chi connectivity index (χ2v) is 7.05. The maximum Gasteiger partial charge on any atom is 0.279 e. The van der Waals surface area contributed by atoms with Crippen molar-refractivity contribution in [2.24, 2.45) is 5.92 Å². The van der Waals surface area contributed by atoms with Gasteiger partial charge in [0.1, 0.15) is 0 Å². The van der Waals surface area contributed by atoms with Gasteiger partial charge in [0.2, 0.25) is 0 Å². The predicted octanol–water partition coefficient (Wildman–Crippen LogP) is 0.177. The largest absolute Gasteiger partial charge is 0.383 e. The van der Waals surface area contributed by atoms with Gasteiger partial charge in [0.05, 0.1) is 6.61 Å². The second-order valence-electron chi connectivity index (χ2n) is 5.30. The average Bonchev–Trinajstić information content (AvgIpc) is 2.37. The van der Waals surface area contributed by atoms with Crippen LogP contribution in [0.25, 0.3) is 0 Å². The molecule has 6 nitrogen and oxygen atoms in total. The Hall–Kier alpha value is -0.210. The van der Waals surface area contributed by atoms with E-state index in [0.717, 1.165) is 19.4 Å². The Labute approximate surface area is 117 Å². The summed E-state index contributed by atoms with van der Waals surface area (Å²) in [4.78, 5) is 0. The van der Waals surface area contributed by atoms with Crippen molar-refractivity contribution >= 4 is 10.2 Å². The molecule has 7 heteroatoms. The molecule has 2 N–H and O–H groups in total. The maximum absolute atomic E-state index is 12.0. The van der Waals surface area contributed by atoms with Crippen molar-refractivity contribution in [2.45, 2.75) is 32.7 Å². The van der Waals surface area contributed by atoms with Crippen LogP contribution >= 0.6 is 0 Å². The number of hydrogen-bond acceptors (Lipinski definition) is 4. The van der Waals surface area contributed by atoms with Crippen LogP contribution in [0, 0.1) is 5.92 Å². The van der Waals surface area contributed by atoms with Gasteiger partial charge in [0, 0.05) is 32.8 Å². The van der Waals surface area contributed by atoms with E-state index in [9.17, 15) is 8.42 Å². The molecule has 0 aromatic rings. The summed E-state index contributed by atoms with van der Waals surface area (Å²) < 4.78 is 32.9. The quantitative estimate of drug-likeness (QED) is 0.626. The number of piperidine rings is 1. The lowest BCUT2D eigenvalue weighted by Crippen LogP contribution is -2.47. The van der Waals surface area contributed by atoms with E-state index < -0.39 is 10.2 Å². The molecule has 1 fully saturated rings. The lowest BCUT2D eigenvalue weighted by Gasteiger charge is -2.31. The molecule has 1 saturated heterocycles. The SMILES string of the molecule is COCCNS(=O)(=O)N1CCC(CNC(C)C)CC1. The van der Waals surface area contributed by atoms with Gasteiger partial charge in [-0.05, 0) is 25.3 Å². The van der Waals surface area contributed by atoms with Crippen LogP contribution in [0.1, 0.15) is 26.7 Å². The van der Waals surface area contributed by atoms with Gasteiger partial charge in [0.15, 0.2) is 0 Å². The van der Waals surface area contributed by atoms with E-state index in [0.29, 0.717) is 38.2 Å². The highest BCUT2D eigenvalue weighted by Crippen LogP contribution is 2.18. The third-order valence-electron chi connectivity index (χ3n) is 3.32. The van der Waals surface area contributed by atoms with Crippen LogP contribution in [0.2, 0.25) is 0 Å². The number of ether oxygens (including phenoxy) is 1. The summed E-state index contributed by atoms with van der Waals surface area (Å²) in [7, 11) is -1.77. The van der Waals surface area contributed by atoms with Crippen LogP contribution in [0.5, 0.6) is 0 Å². The first kappa shape index (κ1) is 16.8. The zero-order chi connectivity index (χ0) is 14.3. The normalized spacial score (nSPS) is 19.2. The molecule has 1 aliphatic rings. The van der Waals surface area contributed by atoms with Gasteiger partial charge in [-0.2, -0.15) is 17.4 Å². The van der Waals surface area contributed by atoms with Gasteiger partial charge in [-0.1, -0.05) is 13.8 Å². The van der Waals surface area contributed by atoms with Crippen LogP contribution in [0.4, 0.5) is 0 Å². The van der Waals surface area contributed by atoms with E-state index in [1.165, 1.54) is 4.31 Å². The molecule has 1 rings (SSSR count). The highest BCUT2D eigenvalue weighted by molar-refractivity contribution is 7.87. The van der Waals surface area contributed by atoms with E-state index in [2.05, 4.69) is 23.9 Å². The fourth-order valence-corrected chi connectivity index (χ4v) is 3.34. The second kappa shape index (κ2) is 8.16. The summed E-state index contributed by atoms with van der Waals surface area (Å²) >= 11 is 0. The van der Waals surface area contributed by atoms with E-state index in [-0.39, 0.29) is 0 Å². The van der Waals surface area contributed by atoms with Crippen molar-refractivity contribution in [1.29, 1.82) is 0 Å². The molecular weight excluding hydrogens is 266 g/mol. The number of rotatable bonds is 8. The summed E-state index contributed by atoms with van der Waals surface area (Å²) in [5.74, 6) is 0.577. The van der Waals surface area contributed by atoms with E-state index in [1.54, 1.807) is 7.11 Å². The summed E-state index contributed by atoms with van der Waals surface area (Å²) in [5.41, 5.74) is 0. The number of nitrogens with zero attached hydrogens (tertiary/aromatic N) is 1. The Kier molecular flexibility index (Phi) is 7.23. The monoisotopic (exact) mass is 293 g/mol. The summed E-state index contributed by atoms with van der Waals surface area (Å²) in [6, 6.07) is 0.484. The fraction of sp³-hybridized carbons (Fsp3) is 1.00. The van der Waals surface area contributed by atoms with Crippen molar-refractivity contribution in [1.82, 2.24) is 14.3 Å². The molecule has 0 aromatic heterocycles. The minimum atomic E-state index is -3.33. The molecule has 0 radical (unpaired) electrons. The molecular formula is C12H27N3O3S. The van der Waals surface area contributed by atoms with Crippen LogP contribution in [-0.4, -0.2) is 58.7 Å². The Morgan fingerprint density at radius 3 is 2.47 bits per heavy atom. The van der Waals surface area contributed by atoms with Gasteiger partial charge >= 0.3 is 0 Å². The highest BCUT2D eigenvalue weighted by Gasteiger charge is 2.27. The van der Waals surface area contributed by atoms with Gasteiger partial charge in [-0.25, -0.2) is 0 Å². The smallest absolute Gasteiger partial charge is 0.279 e. The van der Waals surface area contributed by atoms with Crippen LogP contribution in [-0.2, 0) is 14.9 Å². The molecule has 0 bridgehead atoms. The first-order valence-corrected chi connectivity index (χ1v) is 8.36. The Morgan fingerprint density at radius 1 is 1.32 bits per heavy atom. The van der Waals surface area contributed by atoms with Gasteiger partial charge in [-0.3, -0.25) is 0 Å². The van der Waals surface area contributed by atoms with Crippen molar-refractivity contribution in [3.05, 3.63) is 0 Å². The molecule has 19 heavy (non-hydrogen) atoms. The molecule has 0 amide bonds. The molecule has 114 valence electrons. The van der Waals surface area contributed by atoms with Crippen molar-refractivity contribution < 1.29 is 13.2 Å². The van der Waals surface area contributed by atoms with Gasteiger partial charge < -0.3 is 10.1 Å². The number of nitrogens with one attached hydrogen (secondary N) is 2. The lowest BCUT2D eigenvalue weighted by molar-refractivity contribution is 0.202. The number of methoxy groups -OCH3 is 1. The minimum absolute atomic E-state index is 0.327. The Bertz CT molecular complexity index is 338. The van der Waals surface area contributed by atoms with Crippen molar-refractivity contribution in [3.63, 3.8) is 0 Å². The van der Waals surface area contributed by atoms with Gasteiger partial charge in [-0.15, -0.1) is 0 Å². The number of hydrogen-bond donors (Lipinski definition) is 2. The van der Waals surface area contributed by atoms with E-state index in [1.807, 2.05) is 0 Å². The third kappa shape index (κ3) is 6.18. The summed E-state index contributed by atoms with van der Waals surface area (Å²) in [5, 5.41) is 3.41. The molecule has 0 atom stereocenters. The first-order valence-electron chi connectivity index (χ1n) is 6.92. The molecule has 0 spiro atoms. The molecule has 0 unspecified atom stereocenters. The fourth-order valence-electron chi connectivity index (χ4n) is 2.12. The molecule has 0 aliphatic carbocycles. The molecule has 0 saturated carbocycles. The highest BCUT2D eigenvalue weighted by atomic mass is 32.2.